The first kappa shape index (κ1) is 20.2. The molecule has 2 aliphatic rings. The number of benzene rings is 2. The quantitative estimate of drug-likeness (QED) is 0.727. The Hall–Kier alpha value is -2.08. The number of anilines is 1. The maximum atomic E-state index is 13.1. The average Bonchev–Trinajstić information content (AvgIpc) is 3.19. The summed E-state index contributed by atoms with van der Waals surface area (Å²) >= 11 is 5.90. The van der Waals surface area contributed by atoms with Crippen molar-refractivity contribution in [2.75, 3.05) is 50.8 Å². The molecule has 5 nitrogen and oxygen atoms in total. The van der Waals surface area contributed by atoms with E-state index in [1.54, 1.807) is 0 Å². The highest BCUT2D eigenvalue weighted by molar-refractivity contribution is 6.30. The van der Waals surface area contributed by atoms with Gasteiger partial charge in [0.25, 0.3) is 0 Å². The van der Waals surface area contributed by atoms with Crippen LogP contribution in [0, 0.1) is 0 Å². The molecule has 2 heterocycles. The van der Waals surface area contributed by atoms with Crippen LogP contribution in [-0.4, -0.2) is 67.6 Å². The number of nitrogens with zero attached hydrogens (tertiary/aromatic N) is 3. The van der Waals surface area contributed by atoms with Crippen LogP contribution in [0.25, 0.3) is 0 Å². The van der Waals surface area contributed by atoms with Crippen molar-refractivity contribution in [1.82, 2.24) is 9.80 Å². The molecule has 6 heteroatoms. The Morgan fingerprint density at radius 3 is 2.52 bits per heavy atom. The van der Waals surface area contributed by atoms with Crippen LogP contribution in [0.5, 0.6) is 5.75 Å². The fourth-order valence-electron chi connectivity index (χ4n) is 4.15. The SMILES string of the molecule is C[C@H](C(=O)N1CCc2ccccc21)N1CCN(CCOc2ccc(Cl)cc2)CC1. The summed E-state index contributed by atoms with van der Waals surface area (Å²) in [5.41, 5.74) is 2.36. The number of para-hydroxylation sites is 1. The smallest absolute Gasteiger partial charge is 0.244 e. The lowest BCUT2D eigenvalue weighted by atomic mass is 10.1. The van der Waals surface area contributed by atoms with Gasteiger partial charge in [0.15, 0.2) is 0 Å². The minimum Gasteiger partial charge on any atom is -0.492 e. The molecule has 1 atom stereocenters. The Balaban J connectivity index is 1.23. The van der Waals surface area contributed by atoms with E-state index in [0.717, 1.165) is 62.1 Å². The molecule has 0 spiro atoms. The van der Waals surface area contributed by atoms with Crippen LogP contribution in [0.1, 0.15) is 12.5 Å². The van der Waals surface area contributed by atoms with E-state index in [0.29, 0.717) is 6.61 Å². The van der Waals surface area contributed by atoms with Crippen LogP contribution in [0.2, 0.25) is 5.02 Å². The standard InChI is InChI=1S/C23H28ClN3O2/c1-18(23(28)27-11-10-19-4-2-3-5-22(19)27)26-14-12-25(13-15-26)16-17-29-21-8-6-20(24)7-9-21/h2-9,18H,10-17H2,1H3/t18-/m1/s1. The van der Waals surface area contributed by atoms with E-state index in [-0.39, 0.29) is 11.9 Å². The first-order chi connectivity index (χ1) is 14.1. The molecule has 1 saturated heterocycles. The Kier molecular flexibility index (Phi) is 6.38. The van der Waals surface area contributed by atoms with E-state index in [1.807, 2.05) is 48.2 Å². The van der Waals surface area contributed by atoms with Gasteiger partial charge in [-0.3, -0.25) is 14.6 Å². The van der Waals surface area contributed by atoms with Crippen molar-refractivity contribution in [2.24, 2.45) is 0 Å². The van der Waals surface area contributed by atoms with E-state index in [2.05, 4.69) is 21.9 Å². The molecule has 1 fully saturated rings. The fourth-order valence-corrected chi connectivity index (χ4v) is 4.27. The lowest BCUT2D eigenvalue weighted by molar-refractivity contribution is -0.123. The van der Waals surface area contributed by atoms with Gasteiger partial charge in [0.05, 0.1) is 6.04 Å². The molecule has 2 aromatic carbocycles. The van der Waals surface area contributed by atoms with E-state index in [4.69, 9.17) is 16.3 Å². The summed E-state index contributed by atoms with van der Waals surface area (Å²) in [6, 6.07) is 15.6. The number of ether oxygens (including phenoxy) is 1. The summed E-state index contributed by atoms with van der Waals surface area (Å²) in [7, 11) is 0. The molecule has 0 bridgehead atoms. The third-order valence-corrected chi connectivity index (χ3v) is 6.21. The van der Waals surface area contributed by atoms with Crippen LogP contribution >= 0.6 is 11.6 Å². The Labute approximate surface area is 177 Å². The van der Waals surface area contributed by atoms with Gasteiger partial charge in [0, 0.05) is 50.0 Å². The zero-order valence-corrected chi connectivity index (χ0v) is 17.6. The predicted octanol–water partition coefficient (Wildman–Crippen LogP) is 3.31. The van der Waals surface area contributed by atoms with Crippen LogP contribution in [0.3, 0.4) is 0 Å². The van der Waals surface area contributed by atoms with Crippen molar-refractivity contribution >= 4 is 23.2 Å². The van der Waals surface area contributed by atoms with Crippen molar-refractivity contribution in [3.63, 3.8) is 0 Å². The number of hydrogen-bond acceptors (Lipinski definition) is 4. The van der Waals surface area contributed by atoms with Crippen LogP contribution in [0.4, 0.5) is 5.69 Å². The molecule has 0 aromatic heterocycles. The molecule has 4 rings (SSSR count). The van der Waals surface area contributed by atoms with Gasteiger partial charge in [-0.15, -0.1) is 0 Å². The fraction of sp³-hybridized carbons (Fsp3) is 0.435. The number of amides is 1. The van der Waals surface area contributed by atoms with Gasteiger partial charge in [-0.2, -0.15) is 0 Å². The maximum Gasteiger partial charge on any atom is 0.244 e. The molecule has 0 radical (unpaired) electrons. The Morgan fingerprint density at radius 2 is 1.76 bits per heavy atom. The summed E-state index contributed by atoms with van der Waals surface area (Å²) in [4.78, 5) is 19.8. The molecular formula is C23H28ClN3O2. The van der Waals surface area contributed by atoms with Crippen LogP contribution < -0.4 is 9.64 Å². The lowest BCUT2D eigenvalue weighted by Crippen LogP contribution is -2.54. The van der Waals surface area contributed by atoms with Crippen molar-refractivity contribution in [3.05, 3.63) is 59.1 Å². The second-order valence-corrected chi connectivity index (χ2v) is 8.16. The van der Waals surface area contributed by atoms with Gasteiger partial charge in [-0.25, -0.2) is 0 Å². The summed E-state index contributed by atoms with van der Waals surface area (Å²) in [6.07, 6.45) is 0.954. The maximum absolute atomic E-state index is 13.1. The van der Waals surface area contributed by atoms with Gasteiger partial charge in [-0.1, -0.05) is 29.8 Å². The molecule has 29 heavy (non-hydrogen) atoms. The van der Waals surface area contributed by atoms with Gasteiger partial charge in [0.2, 0.25) is 5.91 Å². The third-order valence-electron chi connectivity index (χ3n) is 5.96. The van der Waals surface area contributed by atoms with Gasteiger partial charge < -0.3 is 9.64 Å². The van der Waals surface area contributed by atoms with Crippen LogP contribution in [-0.2, 0) is 11.2 Å². The second-order valence-electron chi connectivity index (χ2n) is 7.72. The summed E-state index contributed by atoms with van der Waals surface area (Å²) in [5, 5.41) is 0.717. The highest BCUT2D eigenvalue weighted by Gasteiger charge is 2.32. The number of halogens is 1. The molecular weight excluding hydrogens is 386 g/mol. The molecule has 0 N–H and O–H groups in total. The topological polar surface area (TPSA) is 36.0 Å². The molecule has 2 aliphatic heterocycles. The monoisotopic (exact) mass is 413 g/mol. The van der Waals surface area contributed by atoms with Crippen molar-refractivity contribution in [1.29, 1.82) is 0 Å². The third kappa shape index (κ3) is 4.74. The number of hydrogen-bond donors (Lipinski definition) is 0. The largest absolute Gasteiger partial charge is 0.492 e. The molecule has 0 unspecified atom stereocenters. The van der Waals surface area contributed by atoms with E-state index < -0.39 is 0 Å². The lowest BCUT2D eigenvalue weighted by Gasteiger charge is -2.38. The summed E-state index contributed by atoms with van der Waals surface area (Å²) in [6.45, 7) is 8.11. The Bertz CT molecular complexity index is 834. The average molecular weight is 414 g/mol. The number of carbonyl (C=O) groups is 1. The van der Waals surface area contributed by atoms with Crippen molar-refractivity contribution < 1.29 is 9.53 Å². The van der Waals surface area contributed by atoms with E-state index in [9.17, 15) is 4.79 Å². The molecule has 2 aromatic rings. The number of rotatable bonds is 6. The minimum absolute atomic E-state index is 0.0892. The molecule has 154 valence electrons. The number of carbonyl (C=O) groups excluding carboxylic acids is 1. The van der Waals surface area contributed by atoms with Gasteiger partial charge >= 0.3 is 0 Å². The summed E-state index contributed by atoms with van der Waals surface area (Å²) in [5.74, 6) is 1.06. The van der Waals surface area contributed by atoms with E-state index >= 15 is 0 Å². The molecule has 1 amide bonds. The predicted molar refractivity (Wildman–Crippen MR) is 117 cm³/mol. The van der Waals surface area contributed by atoms with Crippen LogP contribution in [0.15, 0.2) is 48.5 Å². The van der Waals surface area contributed by atoms with Crippen molar-refractivity contribution in [3.8, 4) is 5.75 Å². The number of fused-ring (bicyclic) bond motifs is 1. The highest BCUT2D eigenvalue weighted by Crippen LogP contribution is 2.28. The zero-order valence-electron chi connectivity index (χ0n) is 16.9. The summed E-state index contributed by atoms with van der Waals surface area (Å²) < 4.78 is 5.80. The van der Waals surface area contributed by atoms with Crippen molar-refractivity contribution in [2.45, 2.75) is 19.4 Å². The van der Waals surface area contributed by atoms with E-state index in [1.165, 1.54) is 5.56 Å². The zero-order chi connectivity index (χ0) is 20.2. The Morgan fingerprint density at radius 1 is 1.03 bits per heavy atom. The molecule has 0 aliphatic carbocycles. The number of piperazine rings is 1. The second kappa shape index (κ2) is 9.16. The minimum atomic E-state index is -0.0892. The first-order valence-corrected chi connectivity index (χ1v) is 10.7. The first-order valence-electron chi connectivity index (χ1n) is 10.4. The normalized spacial score (nSPS) is 18.5. The van der Waals surface area contributed by atoms with Gasteiger partial charge in [-0.05, 0) is 49.2 Å². The van der Waals surface area contributed by atoms with Gasteiger partial charge in [0.1, 0.15) is 12.4 Å². The molecule has 0 saturated carbocycles. The highest BCUT2D eigenvalue weighted by atomic mass is 35.5.